The van der Waals surface area contributed by atoms with Crippen molar-refractivity contribution in [2.75, 3.05) is 18.1 Å². The lowest BCUT2D eigenvalue weighted by molar-refractivity contribution is 0.0940. The summed E-state index contributed by atoms with van der Waals surface area (Å²) in [6.07, 6.45) is 0.348. The summed E-state index contributed by atoms with van der Waals surface area (Å²) in [5, 5.41) is 11.3. The second-order valence-corrected chi connectivity index (χ2v) is 6.95. The van der Waals surface area contributed by atoms with Crippen molar-refractivity contribution in [3.8, 4) is 11.8 Å². The molecule has 1 aliphatic heterocycles. The number of hydrogen-bond donors (Lipinski definition) is 2. The number of benzene rings is 1. The topological polar surface area (TPSA) is 83.5 Å². The van der Waals surface area contributed by atoms with Crippen LogP contribution in [0.2, 0.25) is 0 Å². The Bertz CT molecular complexity index is 718. The van der Waals surface area contributed by atoms with E-state index in [9.17, 15) is 17.6 Å². The van der Waals surface area contributed by atoms with Gasteiger partial charge in [0.2, 0.25) is 0 Å². The van der Waals surface area contributed by atoms with Crippen molar-refractivity contribution in [1.82, 2.24) is 5.32 Å². The van der Waals surface area contributed by atoms with Crippen molar-refractivity contribution in [3.63, 3.8) is 0 Å². The van der Waals surface area contributed by atoms with Gasteiger partial charge in [0.25, 0.3) is 5.91 Å². The molecule has 1 atom stereocenters. The van der Waals surface area contributed by atoms with E-state index in [2.05, 4.69) is 17.2 Å². The maximum absolute atomic E-state index is 13.3. The largest absolute Gasteiger partial charge is 0.384 e. The number of nitrogens with one attached hydrogen (secondary N) is 1. The van der Waals surface area contributed by atoms with Gasteiger partial charge < -0.3 is 10.4 Å². The van der Waals surface area contributed by atoms with E-state index in [-0.39, 0.29) is 29.2 Å². The maximum atomic E-state index is 13.3. The van der Waals surface area contributed by atoms with Gasteiger partial charge in [0.15, 0.2) is 9.84 Å². The lowest BCUT2D eigenvalue weighted by Gasteiger charge is -2.12. The molecule has 21 heavy (non-hydrogen) atoms. The molecule has 7 heteroatoms. The number of amides is 1. The lowest BCUT2D eigenvalue weighted by atomic mass is 10.1. The Hall–Kier alpha value is -1.91. The molecule has 0 radical (unpaired) electrons. The van der Waals surface area contributed by atoms with Crippen LogP contribution >= 0.6 is 0 Å². The van der Waals surface area contributed by atoms with E-state index >= 15 is 0 Å². The molecule has 1 aromatic carbocycles. The first kappa shape index (κ1) is 15.5. The summed E-state index contributed by atoms with van der Waals surface area (Å²) in [6, 6.07) is 3.08. The van der Waals surface area contributed by atoms with Gasteiger partial charge in [-0.1, -0.05) is 11.8 Å². The molecule has 1 saturated heterocycles. The number of carbonyl (C=O) groups is 1. The molecule has 5 nitrogen and oxygen atoms in total. The molecule has 1 unspecified atom stereocenters. The van der Waals surface area contributed by atoms with E-state index in [1.807, 2.05) is 0 Å². The van der Waals surface area contributed by atoms with Crippen LogP contribution in [0.1, 0.15) is 22.3 Å². The summed E-state index contributed by atoms with van der Waals surface area (Å²) >= 11 is 0. The minimum Gasteiger partial charge on any atom is -0.384 e. The number of aliphatic hydroxyl groups is 1. The smallest absolute Gasteiger partial charge is 0.252 e. The Labute approximate surface area is 122 Å². The zero-order valence-corrected chi connectivity index (χ0v) is 11.9. The van der Waals surface area contributed by atoms with E-state index in [0.717, 1.165) is 12.1 Å². The summed E-state index contributed by atoms with van der Waals surface area (Å²) in [6.45, 7) is -0.376. The van der Waals surface area contributed by atoms with Crippen LogP contribution in [-0.2, 0) is 9.84 Å². The third kappa shape index (κ3) is 4.03. The molecule has 1 fully saturated rings. The Balaban J connectivity index is 2.20. The Morgan fingerprint density at radius 1 is 1.48 bits per heavy atom. The second kappa shape index (κ2) is 6.24. The molecule has 112 valence electrons. The minimum absolute atomic E-state index is 0.0280. The molecule has 0 aliphatic carbocycles. The third-order valence-electron chi connectivity index (χ3n) is 3.10. The molecule has 0 aromatic heterocycles. The zero-order valence-electron chi connectivity index (χ0n) is 11.1. The van der Waals surface area contributed by atoms with Crippen LogP contribution in [0.5, 0.6) is 0 Å². The lowest BCUT2D eigenvalue weighted by Crippen LogP contribution is -2.36. The van der Waals surface area contributed by atoms with Crippen LogP contribution in [0.4, 0.5) is 4.39 Å². The number of halogens is 1. The van der Waals surface area contributed by atoms with Gasteiger partial charge in [-0.3, -0.25) is 4.79 Å². The van der Waals surface area contributed by atoms with Crippen LogP contribution in [0.3, 0.4) is 0 Å². The average Bonchev–Trinajstić information content (AvgIpc) is 2.76. The van der Waals surface area contributed by atoms with Crippen LogP contribution < -0.4 is 5.32 Å². The molecule has 1 amide bonds. The first-order valence-corrected chi connectivity index (χ1v) is 8.14. The van der Waals surface area contributed by atoms with Crippen LogP contribution in [0.25, 0.3) is 0 Å². The molecular formula is C14H14FNO4S. The third-order valence-corrected chi connectivity index (χ3v) is 4.86. The van der Waals surface area contributed by atoms with Crippen molar-refractivity contribution < 1.29 is 22.7 Å². The number of sulfone groups is 1. The van der Waals surface area contributed by atoms with Gasteiger partial charge in [-0.15, -0.1) is 0 Å². The monoisotopic (exact) mass is 311 g/mol. The highest BCUT2D eigenvalue weighted by Crippen LogP contribution is 2.14. The zero-order chi connectivity index (χ0) is 15.5. The molecular weight excluding hydrogens is 297 g/mol. The van der Waals surface area contributed by atoms with Gasteiger partial charge in [-0.05, 0) is 24.6 Å². The van der Waals surface area contributed by atoms with Crippen LogP contribution in [0.15, 0.2) is 18.2 Å². The summed E-state index contributed by atoms with van der Waals surface area (Å²) in [5.74, 6) is 3.73. The molecule has 0 saturated carbocycles. The first-order chi connectivity index (χ1) is 9.91. The number of hydrogen-bond acceptors (Lipinski definition) is 4. The van der Waals surface area contributed by atoms with Crippen molar-refractivity contribution in [2.45, 2.75) is 12.5 Å². The Morgan fingerprint density at radius 2 is 2.24 bits per heavy atom. The van der Waals surface area contributed by atoms with E-state index in [4.69, 9.17) is 5.11 Å². The Kier molecular flexibility index (Phi) is 4.60. The standard InChI is InChI=1S/C14H14FNO4S/c15-11-4-3-10(2-1-6-17)13(8-11)14(18)16-12-5-7-21(19,20)9-12/h3-4,8,12,17H,5-7,9H2,(H,16,18). The number of rotatable bonds is 2. The maximum Gasteiger partial charge on any atom is 0.252 e. The highest BCUT2D eigenvalue weighted by atomic mass is 32.2. The van der Waals surface area contributed by atoms with E-state index in [1.165, 1.54) is 6.07 Å². The average molecular weight is 311 g/mol. The minimum atomic E-state index is -3.11. The molecule has 2 N–H and O–H groups in total. The van der Waals surface area contributed by atoms with Gasteiger partial charge in [-0.2, -0.15) is 0 Å². The fraction of sp³-hybridized carbons (Fsp3) is 0.357. The molecule has 1 heterocycles. The van der Waals surface area contributed by atoms with Crippen molar-refractivity contribution in [2.24, 2.45) is 0 Å². The summed E-state index contributed by atoms with van der Waals surface area (Å²) in [5.41, 5.74) is 0.309. The van der Waals surface area contributed by atoms with Gasteiger partial charge in [0, 0.05) is 11.6 Å². The van der Waals surface area contributed by atoms with Gasteiger partial charge in [0.1, 0.15) is 12.4 Å². The summed E-state index contributed by atoms with van der Waals surface area (Å²) in [4.78, 5) is 12.1. The molecule has 2 rings (SSSR count). The van der Waals surface area contributed by atoms with E-state index in [0.29, 0.717) is 6.42 Å². The highest BCUT2D eigenvalue weighted by Gasteiger charge is 2.29. The fourth-order valence-corrected chi connectivity index (χ4v) is 3.79. The number of aliphatic hydroxyl groups excluding tert-OH is 1. The Morgan fingerprint density at radius 3 is 2.86 bits per heavy atom. The fourth-order valence-electron chi connectivity index (χ4n) is 2.12. The first-order valence-electron chi connectivity index (χ1n) is 6.32. The SMILES string of the molecule is O=C(NC1CCS(=O)(=O)C1)c1cc(F)ccc1C#CCO. The molecule has 1 aromatic rings. The van der Waals surface area contributed by atoms with Gasteiger partial charge in [-0.25, -0.2) is 12.8 Å². The van der Waals surface area contributed by atoms with Crippen LogP contribution in [-0.4, -0.2) is 43.6 Å². The van der Waals surface area contributed by atoms with Gasteiger partial charge >= 0.3 is 0 Å². The highest BCUT2D eigenvalue weighted by molar-refractivity contribution is 7.91. The predicted octanol–water partition coefficient (Wildman–Crippen LogP) is 0.0864. The summed E-state index contributed by atoms with van der Waals surface area (Å²) in [7, 11) is -3.11. The quantitative estimate of drug-likeness (QED) is 0.758. The predicted molar refractivity (Wildman–Crippen MR) is 74.9 cm³/mol. The van der Waals surface area contributed by atoms with Crippen LogP contribution in [0, 0.1) is 17.7 Å². The van der Waals surface area contributed by atoms with Gasteiger partial charge in [0.05, 0.1) is 17.1 Å². The second-order valence-electron chi connectivity index (χ2n) is 4.72. The summed E-state index contributed by atoms with van der Waals surface area (Å²) < 4.78 is 36.0. The van der Waals surface area contributed by atoms with E-state index in [1.54, 1.807) is 0 Å². The van der Waals surface area contributed by atoms with Crippen molar-refractivity contribution in [1.29, 1.82) is 0 Å². The molecule has 0 spiro atoms. The molecule has 0 bridgehead atoms. The van der Waals surface area contributed by atoms with E-state index < -0.39 is 27.6 Å². The number of carbonyl (C=O) groups excluding carboxylic acids is 1. The van der Waals surface area contributed by atoms with Crippen molar-refractivity contribution >= 4 is 15.7 Å². The molecule has 1 aliphatic rings. The normalized spacial score (nSPS) is 19.6. The van der Waals surface area contributed by atoms with Crippen molar-refractivity contribution in [3.05, 3.63) is 35.1 Å².